The van der Waals surface area contributed by atoms with E-state index in [9.17, 15) is 5.11 Å². The van der Waals surface area contributed by atoms with Gasteiger partial charge in [-0.3, -0.25) is 4.90 Å². The summed E-state index contributed by atoms with van der Waals surface area (Å²) in [5.74, 6) is 0. The predicted molar refractivity (Wildman–Crippen MR) is 66.5 cm³/mol. The standard InChI is InChI=1S/C13H26N2O/c1-2-15-9-5-6-11(15)10-14-12-7-3-4-8-13(12)16/h11-14,16H,2-10H2,1H3. The number of likely N-dealkylation sites (N-methyl/N-ethyl adjacent to an activating group) is 1. The van der Waals surface area contributed by atoms with Gasteiger partial charge in [-0.15, -0.1) is 0 Å². The van der Waals surface area contributed by atoms with Crippen molar-refractivity contribution in [3.05, 3.63) is 0 Å². The zero-order chi connectivity index (χ0) is 11.4. The van der Waals surface area contributed by atoms with E-state index >= 15 is 0 Å². The summed E-state index contributed by atoms with van der Waals surface area (Å²) in [5, 5.41) is 13.5. The Morgan fingerprint density at radius 2 is 2.00 bits per heavy atom. The van der Waals surface area contributed by atoms with Gasteiger partial charge < -0.3 is 10.4 Å². The zero-order valence-corrected chi connectivity index (χ0v) is 10.5. The number of aliphatic hydroxyl groups excluding tert-OH is 1. The summed E-state index contributed by atoms with van der Waals surface area (Å²) in [6.45, 7) is 5.74. The van der Waals surface area contributed by atoms with Crippen molar-refractivity contribution in [1.29, 1.82) is 0 Å². The van der Waals surface area contributed by atoms with Gasteiger partial charge in [0, 0.05) is 18.6 Å². The number of hydrogen-bond acceptors (Lipinski definition) is 3. The van der Waals surface area contributed by atoms with Crippen LogP contribution in [0.4, 0.5) is 0 Å². The quantitative estimate of drug-likeness (QED) is 0.760. The van der Waals surface area contributed by atoms with E-state index in [1.54, 1.807) is 0 Å². The molecule has 16 heavy (non-hydrogen) atoms. The van der Waals surface area contributed by atoms with Crippen molar-refractivity contribution in [2.75, 3.05) is 19.6 Å². The first-order valence-corrected chi connectivity index (χ1v) is 6.96. The van der Waals surface area contributed by atoms with Crippen LogP contribution in [0.25, 0.3) is 0 Å². The van der Waals surface area contributed by atoms with Crippen LogP contribution in [0.1, 0.15) is 45.4 Å². The van der Waals surface area contributed by atoms with Gasteiger partial charge in [0.15, 0.2) is 0 Å². The molecule has 1 aliphatic carbocycles. The van der Waals surface area contributed by atoms with E-state index in [1.807, 2.05) is 0 Å². The van der Waals surface area contributed by atoms with Crippen LogP contribution >= 0.6 is 0 Å². The molecule has 2 fully saturated rings. The Hall–Kier alpha value is -0.120. The van der Waals surface area contributed by atoms with E-state index in [4.69, 9.17) is 0 Å². The van der Waals surface area contributed by atoms with Gasteiger partial charge in [-0.25, -0.2) is 0 Å². The Bertz CT molecular complexity index is 208. The normalized spacial score (nSPS) is 36.8. The molecule has 94 valence electrons. The molecule has 0 aromatic carbocycles. The van der Waals surface area contributed by atoms with E-state index in [1.165, 1.54) is 38.8 Å². The molecule has 0 aromatic rings. The Kier molecular flexibility index (Phi) is 4.62. The van der Waals surface area contributed by atoms with Gasteiger partial charge in [0.25, 0.3) is 0 Å². The molecule has 0 bridgehead atoms. The van der Waals surface area contributed by atoms with Crippen LogP contribution in [-0.4, -0.2) is 47.8 Å². The maximum Gasteiger partial charge on any atom is 0.0693 e. The number of hydrogen-bond donors (Lipinski definition) is 2. The highest BCUT2D eigenvalue weighted by Crippen LogP contribution is 2.20. The fourth-order valence-corrected chi connectivity index (χ4v) is 3.18. The fourth-order valence-electron chi connectivity index (χ4n) is 3.18. The smallest absolute Gasteiger partial charge is 0.0693 e. The van der Waals surface area contributed by atoms with Crippen molar-refractivity contribution >= 4 is 0 Å². The number of likely N-dealkylation sites (tertiary alicyclic amines) is 1. The lowest BCUT2D eigenvalue weighted by atomic mass is 9.92. The molecular weight excluding hydrogens is 200 g/mol. The largest absolute Gasteiger partial charge is 0.392 e. The summed E-state index contributed by atoms with van der Waals surface area (Å²) in [4.78, 5) is 2.56. The van der Waals surface area contributed by atoms with Crippen LogP contribution in [0.3, 0.4) is 0 Å². The van der Waals surface area contributed by atoms with Crippen LogP contribution in [0, 0.1) is 0 Å². The van der Waals surface area contributed by atoms with Crippen LogP contribution < -0.4 is 5.32 Å². The molecule has 1 saturated heterocycles. The minimum Gasteiger partial charge on any atom is -0.392 e. The minimum absolute atomic E-state index is 0.106. The second kappa shape index (κ2) is 5.99. The van der Waals surface area contributed by atoms with Crippen LogP contribution in [-0.2, 0) is 0 Å². The highest BCUT2D eigenvalue weighted by molar-refractivity contribution is 4.85. The molecule has 1 heterocycles. The van der Waals surface area contributed by atoms with Gasteiger partial charge in [0.2, 0.25) is 0 Å². The summed E-state index contributed by atoms with van der Waals surface area (Å²) in [7, 11) is 0. The SMILES string of the molecule is CCN1CCCC1CNC1CCCCC1O. The molecule has 2 aliphatic rings. The molecule has 1 saturated carbocycles. The average molecular weight is 226 g/mol. The number of aliphatic hydroxyl groups is 1. The third kappa shape index (κ3) is 2.96. The van der Waals surface area contributed by atoms with Crippen molar-refractivity contribution < 1.29 is 5.11 Å². The van der Waals surface area contributed by atoms with Crippen LogP contribution in [0.2, 0.25) is 0 Å². The lowest BCUT2D eigenvalue weighted by Crippen LogP contribution is -2.47. The molecule has 3 unspecified atom stereocenters. The molecule has 1 aliphatic heterocycles. The van der Waals surface area contributed by atoms with Crippen molar-refractivity contribution in [2.45, 2.75) is 63.6 Å². The van der Waals surface area contributed by atoms with E-state index < -0.39 is 0 Å². The van der Waals surface area contributed by atoms with E-state index in [0.29, 0.717) is 12.1 Å². The zero-order valence-electron chi connectivity index (χ0n) is 10.5. The van der Waals surface area contributed by atoms with Crippen molar-refractivity contribution in [1.82, 2.24) is 10.2 Å². The monoisotopic (exact) mass is 226 g/mol. The maximum absolute atomic E-state index is 9.89. The van der Waals surface area contributed by atoms with Crippen molar-refractivity contribution in [3.63, 3.8) is 0 Å². The minimum atomic E-state index is -0.106. The highest BCUT2D eigenvalue weighted by Gasteiger charge is 2.26. The van der Waals surface area contributed by atoms with E-state index in [2.05, 4.69) is 17.1 Å². The van der Waals surface area contributed by atoms with Gasteiger partial charge in [-0.05, 0) is 38.8 Å². The second-order valence-electron chi connectivity index (χ2n) is 5.29. The number of rotatable bonds is 4. The van der Waals surface area contributed by atoms with Gasteiger partial charge in [-0.2, -0.15) is 0 Å². The van der Waals surface area contributed by atoms with E-state index in [-0.39, 0.29) is 6.10 Å². The average Bonchev–Trinajstić information content (AvgIpc) is 2.75. The summed E-state index contributed by atoms with van der Waals surface area (Å²) in [5.41, 5.74) is 0. The molecule has 2 N–H and O–H groups in total. The summed E-state index contributed by atoms with van der Waals surface area (Å²) >= 11 is 0. The highest BCUT2D eigenvalue weighted by atomic mass is 16.3. The van der Waals surface area contributed by atoms with Gasteiger partial charge >= 0.3 is 0 Å². The van der Waals surface area contributed by atoms with Crippen molar-refractivity contribution in [2.24, 2.45) is 0 Å². The lowest BCUT2D eigenvalue weighted by Gasteiger charge is -2.31. The maximum atomic E-state index is 9.89. The second-order valence-corrected chi connectivity index (χ2v) is 5.29. The van der Waals surface area contributed by atoms with E-state index in [0.717, 1.165) is 19.4 Å². The number of nitrogens with zero attached hydrogens (tertiary/aromatic N) is 1. The topological polar surface area (TPSA) is 35.5 Å². The molecule has 3 atom stereocenters. The van der Waals surface area contributed by atoms with Gasteiger partial charge in [0.05, 0.1) is 6.10 Å². The molecule has 0 spiro atoms. The summed E-state index contributed by atoms with van der Waals surface area (Å²) < 4.78 is 0. The first-order valence-electron chi connectivity index (χ1n) is 6.96. The molecule has 0 radical (unpaired) electrons. The van der Waals surface area contributed by atoms with Crippen LogP contribution in [0.15, 0.2) is 0 Å². The molecule has 3 heteroatoms. The Balaban J connectivity index is 1.73. The van der Waals surface area contributed by atoms with Crippen molar-refractivity contribution in [3.8, 4) is 0 Å². The summed E-state index contributed by atoms with van der Waals surface area (Å²) in [6, 6.07) is 1.06. The molecule has 2 rings (SSSR count). The summed E-state index contributed by atoms with van der Waals surface area (Å²) in [6.07, 6.45) is 7.17. The molecule has 0 amide bonds. The molecule has 3 nitrogen and oxygen atoms in total. The lowest BCUT2D eigenvalue weighted by molar-refractivity contribution is 0.0869. The van der Waals surface area contributed by atoms with Gasteiger partial charge in [0.1, 0.15) is 0 Å². The fraction of sp³-hybridized carbons (Fsp3) is 1.00. The third-order valence-electron chi connectivity index (χ3n) is 4.25. The Morgan fingerprint density at radius 3 is 2.75 bits per heavy atom. The molecular formula is C13H26N2O. The Morgan fingerprint density at radius 1 is 1.19 bits per heavy atom. The predicted octanol–water partition coefficient (Wildman–Crippen LogP) is 1.36. The Labute approximate surface area is 99.2 Å². The first-order chi connectivity index (χ1) is 7.81. The molecule has 0 aromatic heterocycles. The third-order valence-corrected chi connectivity index (χ3v) is 4.25. The first kappa shape index (κ1) is 12.3. The van der Waals surface area contributed by atoms with Crippen LogP contribution in [0.5, 0.6) is 0 Å². The van der Waals surface area contributed by atoms with Gasteiger partial charge in [-0.1, -0.05) is 19.8 Å². The number of nitrogens with one attached hydrogen (secondary N) is 1.